The third-order valence-corrected chi connectivity index (χ3v) is 10.3. The molecule has 0 aromatic heterocycles. The molecule has 0 heterocycles. The number of aliphatic hydroxyl groups excluding tert-OH is 2. The highest BCUT2D eigenvalue weighted by Crippen LogP contribution is 2.43. The zero-order valence-corrected chi connectivity index (χ0v) is 38.5. The van der Waals surface area contributed by atoms with Crippen molar-refractivity contribution < 1.29 is 57.7 Å². The summed E-state index contributed by atoms with van der Waals surface area (Å²) in [4.78, 5) is 46.1. The van der Waals surface area contributed by atoms with E-state index in [1.807, 2.05) is 12.2 Å². The Kier molecular flexibility index (Phi) is 39.3. The van der Waals surface area contributed by atoms with E-state index in [4.69, 9.17) is 24.8 Å². The zero-order valence-electron chi connectivity index (χ0n) is 37.6. The molecule has 6 N–H and O–H groups in total. The van der Waals surface area contributed by atoms with Gasteiger partial charge in [0.2, 0.25) is 0 Å². The van der Waals surface area contributed by atoms with Gasteiger partial charge < -0.3 is 35.4 Å². The minimum absolute atomic E-state index is 0.108. The number of rotatable bonds is 41. The monoisotopic (exact) mass is 894 g/mol. The Balaban J connectivity index is 4.65. The van der Waals surface area contributed by atoms with Gasteiger partial charge in [0.15, 0.2) is 6.10 Å². The van der Waals surface area contributed by atoms with Gasteiger partial charge in [0.25, 0.3) is 0 Å². The van der Waals surface area contributed by atoms with Crippen LogP contribution in [-0.2, 0) is 37.5 Å². The van der Waals surface area contributed by atoms with E-state index in [0.717, 1.165) is 57.8 Å². The van der Waals surface area contributed by atoms with E-state index in [2.05, 4.69) is 85.2 Å². The molecule has 14 heteroatoms. The maximum absolute atomic E-state index is 12.7. The van der Waals surface area contributed by atoms with E-state index in [1.54, 1.807) is 6.08 Å². The van der Waals surface area contributed by atoms with Crippen molar-refractivity contribution in [2.75, 3.05) is 19.8 Å². The molecule has 3 unspecified atom stereocenters. The van der Waals surface area contributed by atoms with E-state index in [0.29, 0.717) is 12.8 Å². The molecule has 62 heavy (non-hydrogen) atoms. The maximum Gasteiger partial charge on any atom is 0.472 e. The van der Waals surface area contributed by atoms with Crippen LogP contribution in [0.25, 0.3) is 0 Å². The summed E-state index contributed by atoms with van der Waals surface area (Å²) in [6, 6.07) is -1.58. The van der Waals surface area contributed by atoms with Crippen LogP contribution in [0.4, 0.5) is 0 Å². The van der Waals surface area contributed by atoms with Crippen LogP contribution in [0, 0.1) is 0 Å². The number of ether oxygens (including phenoxy) is 2. The van der Waals surface area contributed by atoms with Crippen molar-refractivity contribution in [3.8, 4) is 0 Å². The largest absolute Gasteiger partial charge is 0.480 e. The lowest BCUT2D eigenvalue weighted by Gasteiger charge is -2.20. The summed E-state index contributed by atoms with van der Waals surface area (Å²) in [5.41, 5.74) is 5.32. The summed E-state index contributed by atoms with van der Waals surface area (Å²) < 4.78 is 32.5. The van der Waals surface area contributed by atoms with Crippen LogP contribution in [0.15, 0.2) is 85.1 Å². The summed E-state index contributed by atoms with van der Waals surface area (Å²) >= 11 is 0. The Morgan fingerprint density at radius 2 is 1.02 bits per heavy atom. The van der Waals surface area contributed by atoms with Gasteiger partial charge in [0.05, 0.1) is 25.4 Å². The molecule has 0 aliphatic rings. The average Bonchev–Trinajstić information content (AvgIpc) is 3.24. The fraction of sp³-hybridized carbons (Fsp3) is 0.646. The van der Waals surface area contributed by atoms with Crippen LogP contribution in [0.1, 0.15) is 155 Å². The van der Waals surface area contributed by atoms with Crippen LogP contribution in [0.5, 0.6) is 0 Å². The van der Waals surface area contributed by atoms with Crippen molar-refractivity contribution in [2.45, 2.75) is 179 Å². The molecular formula is C48H80NO12P. The first-order valence-corrected chi connectivity index (χ1v) is 24.3. The summed E-state index contributed by atoms with van der Waals surface area (Å²) in [7, 11) is -4.81. The summed E-state index contributed by atoms with van der Waals surface area (Å²) in [5.74, 6) is -2.75. The van der Waals surface area contributed by atoms with Crippen molar-refractivity contribution in [1.82, 2.24) is 0 Å². The lowest BCUT2D eigenvalue weighted by Crippen LogP contribution is -2.34. The molecule has 5 atom stereocenters. The lowest BCUT2D eigenvalue weighted by atomic mass is 10.0. The van der Waals surface area contributed by atoms with Gasteiger partial charge in [-0.3, -0.25) is 23.4 Å². The number of aliphatic carboxylic acids is 1. The first kappa shape index (κ1) is 58.6. The standard InChI is InChI=1S/C48H80NO12P/c1-3-5-7-9-11-13-15-17-18-19-20-21-22-23-25-27-29-31-33-37-46(52)58-39-42(40-59-62(56,57)60-41-43(49)48(54)55)61-47(53)38-34-36-45(51)44(50)35-32-30-28-26-24-16-14-12-10-8-6-4-2/h11-14,17-18,20-21,23-26,30,32,42-45,50-51H,3-10,15-16,19,22,27-29,31,33-41,49H2,1-2H3,(H,54,55)(H,56,57)/b13-11-,14-12-,18-17-,21-20-,25-23-,26-24-,32-30-/t42-,43+,44?,45?/m1/s1. The Hall–Kier alpha value is -3.42. The van der Waals surface area contributed by atoms with E-state index >= 15 is 0 Å². The molecule has 0 spiro atoms. The SMILES string of the molecule is CCCCC/C=C\C/C=C\C/C=C\C/C=C\CCCCCC(=O)OC[C@H](COP(=O)(O)OC[C@H](N)C(=O)O)OC(=O)CCCC(O)C(O)C/C=C\C/C=C\C/C=C\CCCCC. The van der Waals surface area contributed by atoms with Gasteiger partial charge in [0.1, 0.15) is 12.6 Å². The molecule has 0 rings (SSSR count). The van der Waals surface area contributed by atoms with Gasteiger partial charge in [-0.25, -0.2) is 4.57 Å². The van der Waals surface area contributed by atoms with Crippen molar-refractivity contribution in [3.05, 3.63) is 85.1 Å². The van der Waals surface area contributed by atoms with Gasteiger partial charge in [-0.2, -0.15) is 0 Å². The first-order chi connectivity index (χ1) is 29.9. The maximum atomic E-state index is 12.7. The Bertz CT molecular complexity index is 1410. The highest BCUT2D eigenvalue weighted by atomic mass is 31.2. The fourth-order valence-corrected chi connectivity index (χ4v) is 6.34. The Morgan fingerprint density at radius 3 is 1.52 bits per heavy atom. The molecule has 0 bridgehead atoms. The van der Waals surface area contributed by atoms with Gasteiger partial charge >= 0.3 is 25.7 Å². The van der Waals surface area contributed by atoms with Crippen LogP contribution in [0.3, 0.4) is 0 Å². The van der Waals surface area contributed by atoms with E-state index < -0.39 is 69.9 Å². The summed E-state index contributed by atoms with van der Waals surface area (Å²) in [5, 5.41) is 29.6. The lowest BCUT2D eigenvalue weighted by molar-refractivity contribution is -0.161. The topological polar surface area (TPSA) is 212 Å². The summed E-state index contributed by atoms with van der Waals surface area (Å²) in [6.45, 7) is 2.40. The second-order valence-corrected chi connectivity index (χ2v) is 16.6. The van der Waals surface area contributed by atoms with Crippen molar-refractivity contribution in [3.63, 3.8) is 0 Å². The van der Waals surface area contributed by atoms with Gasteiger partial charge in [-0.15, -0.1) is 0 Å². The number of phosphoric acid groups is 1. The molecular weight excluding hydrogens is 813 g/mol. The zero-order chi connectivity index (χ0) is 45.9. The molecule has 0 amide bonds. The smallest absolute Gasteiger partial charge is 0.472 e. The number of aliphatic hydroxyl groups is 2. The number of nitrogens with two attached hydrogens (primary N) is 1. The number of hydrogen-bond acceptors (Lipinski definition) is 11. The van der Waals surface area contributed by atoms with Crippen LogP contribution < -0.4 is 5.73 Å². The molecule has 0 radical (unpaired) electrons. The predicted octanol–water partition coefficient (Wildman–Crippen LogP) is 10.2. The number of phosphoric ester groups is 1. The summed E-state index contributed by atoms with van der Waals surface area (Å²) in [6.07, 6.45) is 43.8. The molecule has 13 nitrogen and oxygen atoms in total. The number of esters is 2. The molecule has 0 saturated heterocycles. The van der Waals surface area contributed by atoms with E-state index in [9.17, 15) is 34.1 Å². The number of carbonyl (C=O) groups excluding carboxylic acids is 2. The normalized spacial score (nSPS) is 15.5. The predicted molar refractivity (Wildman–Crippen MR) is 247 cm³/mol. The minimum atomic E-state index is -4.81. The fourth-order valence-electron chi connectivity index (χ4n) is 5.56. The number of allylic oxidation sites excluding steroid dienone is 13. The Morgan fingerprint density at radius 1 is 0.565 bits per heavy atom. The molecule has 0 saturated carbocycles. The third kappa shape index (κ3) is 39.4. The van der Waals surface area contributed by atoms with E-state index in [1.165, 1.54) is 38.5 Å². The molecule has 0 aromatic rings. The van der Waals surface area contributed by atoms with Gasteiger partial charge in [-0.1, -0.05) is 131 Å². The van der Waals surface area contributed by atoms with E-state index in [-0.39, 0.29) is 32.1 Å². The highest BCUT2D eigenvalue weighted by Gasteiger charge is 2.28. The average molecular weight is 894 g/mol. The second kappa shape index (κ2) is 41.6. The second-order valence-electron chi connectivity index (χ2n) is 15.1. The van der Waals surface area contributed by atoms with Gasteiger partial charge in [0, 0.05) is 12.8 Å². The Labute approximate surface area is 372 Å². The number of carboxylic acids is 1. The third-order valence-electron chi connectivity index (χ3n) is 9.32. The van der Waals surface area contributed by atoms with Crippen LogP contribution >= 0.6 is 7.82 Å². The van der Waals surface area contributed by atoms with Crippen molar-refractivity contribution in [2.24, 2.45) is 5.73 Å². The number of unbranched alkanes of at least 4 members (excludes halogenated alkanes) is 9. The first-order valence-electron chi connectivity index (χ1n) is 22.8. The molecule has 0 fully saturated rings. The number of carbonyl (C=O) groups is 3. The van der Waals surface area contributed by atoms with Gasteiger partial charge in [-0.05, 0) is 96.3 Å². The molecule has 354 valence electrons. The quantitative estimate of drug-likeness (QED) is 0.0168. The molecule has 0 aliphatic heterocycles. The van der Waals surface area contributed by atoms with Crippen molar-refractivity contribution >= 4 is 25.7 Å². The highest BCUT2D eigenvalue weighted by molar-refractivity contribution is 7.47. The van der Waals surface area contributed by atoms with Crippen LogP contribution in [-0.4, -0.2) is 82.3 Å². The van der Waals surface area contributed by atoms with Crippen molar-refractivity contribution in [1.29, 1.82) is 0 Å². The van der Waals surface area contributed by atoms with Crippen LogP contribution in [0.2, 0.25) is 0 Å². The number of carboxylic acid groups (broad SMARTS) is 1. The molecule has 0 aliphatic carbocycles. The molecule has 0 aromatic carbocycles. The number of hydrogen-bond donors (Lipinski definition) is 5. The minimum Gasteiger partial charge on any atom is -0.480 e.